The molecule has 0 N–H and O–H groups in total. The van der Waals surface area contributed by atoms with Crippen LogP contribution in [0.3, 0.4) is 0 Å². The Kier molecular flexibility index (Phi) is 4.18. The molecule has 1 aliphatic carbocycles. The summed E-state index contributed by atoms with van der Waals surface area (Å²) in [6, 6.07) is 5.67. The zero-order chi connectivity index (χ0) is 14.9. The van der Waals surface area contributed by atoms with E-state index in [1.54, 1.807) is 11.3 Å². The highest BCUT2D eigenvalue weighted by molar-refractivity contribution is 7.18. The number of thiazole rings is 1. The van der Waals surface area contributed by atoms with E-state index in [9.17, 15) is 4.79 Å². The van der Waals surface area contributed by atoms with Gasteiger partial charge in [0.1, 0.15) is 10.4 Å². The first-order valence-corrected chi connectivity index (χ1v) is 8.59. The normalized spacial score (nSPS) is 17.8. The van der Waals surface area contributed by atoms with Crippen molar-refractivity contribution < 1.29 is 9.53 Å². The minimum absolute atomic E-state index is 0.116. The van der Waals surface area contributed by atoms with Gasteiger partial charge in [0.15, 0.2) is 0 Å². The summed E-state index contributed by atoms with van der Waals surface area (Å²) in [4.78, 5) is 17.3. The molecule has 2 aromatic rings. The fourth-order valence-corrected chi connectivity index (χ4v) is 4.51. The van der Waals surface area contributed by atoms with Gasteiger partial charge in [-0.15, -0.1) is 11.3 Å². The molecule has 3 rings (SSSR count). The standard InChI is InChI=1S/C16H18ClNO2S/c1-2-20-15(19)16(8-4-3-5-9-16)14-18-12-7-6-11(17)10-13(12)21-14/h6-7,10H,2-5,8-9H2,1H3. The molecule has 1 aromatic carbocycles. The average Bonchev–Trinajstić information content (AvgIpc) is 2.91. The van der Waals surface area contributed by atoms with E-state index in [0.717, 1.165) is 40.9 Å². The van der Waals surface area contributed by atoms with Crippen LogP contribution in [-0.4, -0.2) is 17.6 Å². The molecule has 0 unspecified atom stereocenters. The van der Waals surface area contributed by atoms with Crippen molar-refractivity contribution in [2.45, 2.75) is 44.4 Å². The molecule has 0 saturated heterocycles. The Labute approximate surface area is 133 Å². The van der Waals surface area contributed by atoms with E-state index in [1.165, 1.54) is 6.42 Å². The number of carbonyl (C=O) groups is 1. The molecule has 5 heteroatoms. The van der Waals surface area contributed by atoms with Gasteiger partial charge in [0, 0.05) is 5.02 Å². The van der Waals surface area contributed by atoms with E-state index in [-0.39, 0.29) is 5.97 Å². The monoisotopic (exact) mass is 323 g/mol. The predicted octanol–water partition coefficient (Wildman–Crippen LogP) is 4.71. The van der Waals surface area contributed by atoms with Gasteiger partial charge in [-0.25, -0.2) is 4.98 Å². The van der Waals surface area contributed by atoms with Crippen molar-refractivity contribution in [1.82, 2.24) is 4.98 Å². The lowest BCUT2D eigenvalue weighted by atomic mass is 9.74. The molecular weight excluding hydrogens is 306 g/mol. The van der Waals surface area contributed by atoms with Crippen molar-refractivity contribution in [1.29, 1.82) is 0 Å². The summed E-state index contributed by atoms with van der Waals surface area (Å²) in [5, 5.41) is 1.59. The highest BCUT2D eigenvalue weighted by Crippen LogP contribution is 2.43. The molecule has 1 aliphatic rings. The van der Waals surface area contributed by atoms with Crippen molar-refractivity contribution in [3.05, 3.63) is 28.2 Å². The summed E-state index contributed by atoms with van der Waals surface area (Å²) in [6.45, 7) is 2.27. The number of halogens is 1. The summed E-state index contributed by atoms with van der Waals surface area (Å²) >= 11 is 7.62. The molecule has 0 amide bonds. The Balaban J connectivity index is 2.07. The maximum atomic E-state index is 12.6. The number of fused-ring (bicyclic) bond motifs is 1. The van der Waals surface area contributed by atoms with Gasteiger partial charge in [-0.05, 0) is 38.0 Å². The second-order valence-corrected chi connectivity index (χ2v) is 6.96. The summed E-state index contributed by atoms with van der Waals surface area (Å²) in [6.07, 6.45) is 4.95. The van der Waals surface area contributed by atoms with Gasteiger partial charge >= 0.3 is 5.97 Å². The zero-order valence-electron chi connectivity index (χ0n) is 12.0. The number of hydrogen-bond acceptors (Lipinski definition) is 4. The number of nitrogens with zero attached hydrogens (tertiary/aromatic N) is 1. The van der Waals surface area contributed by atoms with E-state index in [2.05, 4.69) is 0 Å². The Morgan fingerprint density at radius 2 is 2.14 bits per heavy atom. The third kappa shape index (κ3) is 2.67. The van der Waals surface area contributed by atoms with Gasteiger partial charge in [0.2, 0.25) is 0 Å². The average molecular weight is 324 g/mol. The molecule has 0 atom stereocenters. The van der Waals surface area contributed by atoms with E-state index in [1.807, 2.05) is 25.1 Å². The molecule has 3 nitrogen and oxygen atoms in total. The van der Waals surface area contributed by atoms with Crippen molar-refractivity contribution in [2.24, 2.45) is 0 Å². The number of aromatic nitrogens is 1. The van der Waals surface area contributed by atoms with Crippen LogP contribution in [0, 0.1) is 0 Å². The Hall–Kier alpha value is -1.13. The summed E-state index contributed by atoms with van der Waals surface area (Å²) < 4.78 is 6.39. The summed E-state index contributed by atoms with van der Waals surface area (Å²) in [7, 11) is 0. The van der Waals surface area contributed by atoms with Crippen LogP contribution in [0.2, 0.25) is 5.02 Å². The van der Waals surface area contributed by atoms with E-state index >= 15 is 0 Å². The molecule has 0 aliphatic heterocycles. The van der Waals surface area contributed by atoms with Gasteiger partial charge < -0.3 is 4.74 Å². The molecule has 1 heterocycles. The fraction of sp³-hybridized carbons (Fsp3) is 0.500. The van der Waals surface area contributed by atoms with Crippen LogP contribution in [0.15, 0.2) is 18.2 Å². The number of hydrogen-bond donors (Lipinski definition) is 0. The van der Waals surface area contributed by atoms with Crippen molar-refractivity contribution in [3.8, 4) is 0 Å². The minimum Gasteiger partial charge on any atom is -0.465 e. The maximum absolute atomic E-state index is 12.6. The van der Waals surface area contributed by atoms with Gasteiger partial charge in [-0.3, -0.25) is 4.79 Å². The van der Waals surface area contributed by atoms with Crippen LogP contribution < -0.4 is 0 Å². The van der Waals surface area contributed by atoms with Gasteiger partial charge in [0.25, 0.3) is 0 Å². The maximum Gasteiger partial charge on any atom is 0.319 e. The van der Waals surface area contributed by atoms with E-state index in [4.69, 9.17) is 21.3 Å². The van der Waals surface area contributed by atoms with E-state index in [0.29, 0.717) is 11.6 Å². The Bertz CT molecular complexity index is 661. The fourth-order valence-electron chi connectivity index (χ4n) is 3.03. The first-order valence-electron chi connectivity index (χ1n) is 7.39. The van der Waals surface area contributed by atoms with E-state index < -0.39 is 5.41 Å². The van der Waals surface area contributed by atoms with Crippen molar-refractivity contribution >= 4 is 39.1 Å². The third-order valence-corrected chi connectivity index (χ3v) is 5.59. The molecule has 0 radical (unpaired) electrons. The summed E-state index contributed by atoms with van der Waals surface area (Å²) in [5.41, 5.74) is 0.360. The molecular formula is C16H18ClNO2S. The quantitative estimate of drug-likeness (QED) is 0.767. The Morgan fingerprint density at radius 1 is 1.38 bits per heavy atom. The van der Waals surface area contributed by atoms with Crippen molar-refractivity contribution in [3.63, 3.8) is 0 Å². The first kappa shape index (κ1) is 14.8. The molecule has 112 valence electrons. The highest BCUT2D eigenvalue weighted by atomic mass is 35.5. The van der Waals surface area contributed by atoms with Gasteiger partial charge in [0.05, 0.1) is 16.8 Å². The lowest BCUT2D eigenvalue weighted by Gasteiger charge is -2.32. The molecule has 0 spiro atoms. The second kappa shape index (κ2) is 5.93. The predicted molar refractivity (Wildman–Crippen MR) is 86.0 cm³/mol. The lowest BCUT2D eigenvalue weighted by molar-refractivity contribution is -0.151. The highest BCUT2D eigenvalue weighted by Gasteiger charge is 2.45. The molecule has 0 bridgehead atoms. The first-order chi connectivity index (χ1) is 10.2. The van der Waals surface area contributed by atoms with Crippen LogP contribution in [0.5, 0.6) is 0 Å². The number of ether oxygens (including phenoxy) is 1. The van der Waals surface area contributed by atoms with Gasteiger partial charge in [-0.2, -0.15) is 0 Å². The van der Waals surface area contributed by atoms with Crippen LogP contribution >= 0.6 is 22.9 Å². The number of benzene rings is 1. The number of esters is 1. The van der Waals surface area contributed by atoms with Crippen LogP contribution in [0.1, 0.15) is 44.0 Å². The number of rotatable bonds is 3. The van der Waals surface area contributed by atoms with Crippen LogP contribution in [0.4, 0.5) is 0 Å². The van der Waals surface area contributed by atoms with Crippen molar-refractivity contribution in [2.75, 3.05) is 6.61 Å². The summed E-state index contributed by atoms with van der Waals surface area (Å²) in [5.74, 6) is -0.116. The molecule has 1 aromatic heterocycles. The zero-order valence-corrected chi connectivity index (χ0v) is 13.6. The lowest BCUT2D eigenvalue weighted by Crippen LogP contribution is -2.39. The SMILES string of the molecule is CCOC(=O)C1(c2nc3ccc(Cl)cc3s2)CCCCC1. The minimum atomic E-state index is -0.551. The largest absolute Gasteiger partial charge is 0.465 e. The Morgan fingerprint density at radius 3 is 2.86 bits per heavy atom. The topological polar surface area (TPSA) is 39.2 Å². The smallest absolute Gasteiger partial charge is 0.319 e. The molecule has 1 fully saturated rings. The third-order valence-electron chi connectivity index (χ3n) is 4.13. The van der Waals surface area contributed by atoms with Gasteiger partial charge in [-0.1, -0.05) is 30.9 Å². The van der Waals surface area contributed by atoms with Crippen LogP contribution in [-0.2, 0) is 14.9 Å². The molecule has 1 saturated carbocycles. The molecule has 21 heavy (non-hydrogen) atoms. The van der Waals surface area contributed by atoms with Crippen LogP contribution in [0.25, 0.3) is 10.2 Å². The number of carbonyl (C=O) groups excluding carboxylic acids is 1. The second-order valence-electron chi connectivity index (χ2n) is 5.49.